The minimum atomic E-state index is 1.07. The Labute approximate surface area is 257 Å². The molecule has 0 aliphatic carbocycles. The van der Waals surface area contributed by atoms with Gasteiger partial charge in [-0.3, -0.25) is 0 Å². The quantitative estimate of drug-likeness (QED) is 0.197. The summed E-state index contributed by atoms with van der Waals surface area (Å²) in [5, 5.41) is 14.9. The van der Waals surface area contributed by atoms with Gasteiger partial charge in [-0.1, -0.05) is 133 Å². The monoisotopic (exact) mass is 562 g/mol. The molecule has 0 bridgehead atoms. The molecule has 0 saturated carbocycles. The van der Waals surface area contributed by atoms with E-state index in [-0.39, 0.29) is 0 Å². The summed E-state index contributed by atoms with van der Waals surface area (Å²) in [5.74, 6) is 0. The predicted molar refractivity (Wildman–Crippen MR) is 189 cm³/mol. The van der Waals surface area contributed by atoms with E-state index in [0.29, 0.717) is 0 Å². The summed E-state index contributed by atoms with van der Waals surface area (Å²) in [7, 11) is 0. The zero-order chi connectivity index (χ0) is 29.3. The summed E-state index contributed by atoms with van der Waals surface area (Å²) in [4.78, 5) is 0. The van der Waals surface area contributed by atoms with E-state index >= 15 is 0 Å². The van der Waals surface area contributed by atoms with Crippen molar-refractivity contribution < 1.29 is 0 Å². The Bertz CT molecular complexity index is 2090. The number of hydrogen-bond donors (Lipinski definition) is 2. The Hall–Kier alpha value is -5.86. The molecule has 2 heteroatoms. The molecule has 2 N–H and O–H groups in total. The number of para-hydroxylation sites is 2. The maximum absolute atomic E-state index is 3.72. The Morgan fingerprint density at radius 3 is 1.09 bits per heavy atom. The molecule has 0 radical (unpaired) electrons. The van der Waals surface area contributed by atoms with Crippen molar-refractivity contribution in [3.8, 4) is 22.3 Å². The predicted octanol–water partition coefficient (Wildman–Crippen LogP) is 12.0. The lowest BCUT2D eigenvalue weighted by atomic mass is 9.93. The zero-order valence-corrected chi connectivity index (χ0v) is 24.2. The molecular weight excluding hydrogens is 532 g/mol. The molecule has 8 aromatic carbocycles. The lowest BCUT2D eigenvalue weighted by molar-refractivity contribution is 1.54. The van der Waals surface area contributed by atoms with Crippen LogP contribution < -0.4 is 10.6 Å². The van der Waals surface area contributed by atoms with Crippen LogP contribution >= 0.6 is 0 Å². The smallest absolute Gasteiger partial charge is 0.0463 e. The van der Waals surface area contributed by atoms with Crippen LogP contribution in [-0.4, -0.2) is 0 Å². The molecule has 0 aliphatic heterocycles. The summed E-state index contributed by atoms with van der Waals surface area (Å²) in [6, 6.07) is 60.3. The van der Waals surface area contributed by atoms with Crippen LogP contribution in [0.2, 0.25) is 0 Å². The Kier molecular flexibility index (Phi) is 6.51. The van der Waals surface area contributed by atoms with Gasteiger partial charge in [-0.05, 0) is 79.8 Å². The summed E-state index contributed by atoms with van der Waals surface area (Å²) in [6.07, 6.45) is 0. The summed E-state index contributed by atoms with van der Waals surface area (Å²) < 4.78 is 0. The van der Waals surface area contributed by atoms with Gasteiger partial charge in [0.05, 0.1) is 0 Å². The van der Waals surface area contributed by atoms with Crippen molar-refractivity contribution in [3.05, 3.63) is 170 Å². The van der Waals surface area contributed by atoms with Gasteiger partial charge in [-0.15, -0.1) is 0 Å². The Morgan fingerprint density at radius 1 is 0.273 bits per heavy atom. The van der Waals surface area contributed by atoms with Gasteiger partial charge in [-0.2, -0.15) is 0 Å². The van der Waals surface area contributed by atoms with E-state index < -0.39 is 0 Å². The number of rotatable bonds is 6. The molecule has 0 aliphatic rings. The third-order valence-electron chi connectivity index (χ3n) is 8.42. The van der Waals surface area contributed by atoms with Crippen molar-refractivity contribution in [1.82, 2.24) is 0 Å². The van der Waals surface area contributed by atoms with Crippen LogP contribution in [0.4, 0.5) is 22.7 Å². The fourth-order valence-corrected chi connectivity index (χ4v) is 6.35. The molecule has 8 rings (SSSR count). The highest BCUT2D eigenvalue weighted by Gasteiger charge is 2.12. The second-order valence-corrected chi connectivity index (χ2v) is 11.1. The van der Waals surface area contributed by atoms with E-state index in [1.54, 1.807) is 0 Å². The van der Waals surface area contributed by atoms with E-state index in [0.717, 1.165) is 22.7 Å². The highest BCUT2D eigenvalue weighted by Crippen LogP contribution is 2.39. The van der Waals surface area contributed by atoms with Crippen LogP contribution in [-0.2, 0) is 0 Å². The molecule has 8 aromatic rings. The highest BCUT2D eigenvalue weighted by molar-refractivity contribution is 6.26. The van der Waals surface area contributed by atoms with E-state index in [9.17, 15) is 0 Å². The first kappa shape index (κ1) is 25.8. The van der Waals surface area contributed by atoms with Crippen molar-refractivity contribution in [2.45, 2.75) is 0 Å². The third-order valence-corrected chi connectivity index (χ3v) is 8.42. The lowest BCUT2D eigenvalue weighted by Crippen LogP contribution is -1.95. The van der Waals surface area contributed by atoms with Gasteiger partial charge >= 0.3 is 0 Å². The van der Waals surface area contributed by atoms with E-state index in [4.69, 9.17) is 0 Å². The molecule has 0 saturated heterocycles. The van der Waals surface area contributed by atoms with E-state index in [1.165, 1.54) is 54.6 Å². The fourth-order valence-electron chi connectivity index (χ4n) is 6.35. The minimum Gasteiger partial charge on any atom is -0.355 e. The standard InChI is InChI=1S/C42H30N2/c1-3-13-29(14-4-1)33-17-9-11-21-41(33)43-31-23-25-37-38-26-24-32(28-40(38)36-20-8-7-19-35(36)39(37)27-31)44-42-22-12-10-18-34(42)30-15-5-2-6-16-30/h1-28,43-44H. The van der Waals surface area contributed by atoms with Gasteiger partial charge in [0.25, 0.3) is 0 Å². The molecule has 0 atom stereocenters. The highest BCUT2D eigenvalue weighted by atomic mass is 14.9. The normalized spacial score (nSPS) is 11.2. The zero-order valence-electron chi connectivity index (χ0n) is 24.2. The topological polar surface area (TPSA) is 24.1 Å². The van der Waals surface area contributed by atoms with Crippen LogP contribution in [0.15, 0.2) is 170 Å². The number of fused-ring (bicyclic) bond motifs is 6. The van der Waals surface area contributed by atoms with Crippen molar-refractivity contribution in [2.24, 2.45) is 0 Å². The van der Waals surface area contributed by atoms with Crippen LogP contribution in [0, 0.1) is 0 Å². The molecule has 0 fully saturated rings. The van der Waals surface area contributed by atoms with Crippen LogP contribution in [0.5, 0.6) is 0 Å². The maximum atomic E-state index is 3.72. The fraction of sp³-hybridized carbons (Fsp3) is 0. The molecule has 0 heterocycles. The first-order valence-corrected chi connectivity index (χ1v) is 15.0. The van der Waals surface area contributed by atoms with E-state index in [2.05, 4.69) is 180 Å². The molecule has 2 nitrogen and oxygen atoms in total. The van der Waals surface area contributed by atoms with Crippen molar-refractivity contribution in [1.29, 1.82) is 0 Å². The van der Waals surface area contributed by atoms with Gasteiger partial charge in [0.15, 0.2) is 0 Å². The average molecular weight is 563 g/mol. The number of anilines is 4. The molecular formula is C42H30N2. The van der Waals surface area contributed by atoms with Gasteiger partial charge in [-0.25, -0.2) is 0 Å². The van der Waals surface area contributed by atoms with Crippen LogP contribution in [0.3, 0.4) is 0 Å². The Morgan fingerprint density at radius 2 is 0.636 bits per heavy atom. The minimum absolute atomic E-state index is 1.07. The molecule has 0 spiro atoms. The van der Waals surface area contributed by atoms with E-state index in [1.807, 2.05) is 0 Å². The second kappa shape index (κ2) is 11.1. The number of benzene rings is 8. The van der Waals surface area contributed by atoms with Crippen molar-refractivity contribution >= 4 is 55.1 Å². The second-order valence-electron chi connectivity index (χ2n) is 11.1. The van der Waals surface area contributed by atoms with Crippen molar-refractivity contribution in [2.75, 3.05) is 10.6 Å². The number of hydrogen-bond acceptors (Lipinski definition) is 2. The van der Waals surface area contributed by atoms with Crippen LogP contribution in [0.25, 0.3) is 54.6 Å². The first-order chi connectivity index (χ1) is 21.8. The first-order valence-electron chi connectivity index (χ1n) is 15.0. The molecule has 208 valence electrons. The summed E-state index contributed by atoms with van der Waals surface area (Å²) in [6.45, 7) is 0. The maximum Gasteiger partial charge on any atom is 0.0463 e. The van der Waals surface area contributed by atoms with Gasteiger partial charge in [0, 0.05) is 33.9 Å². The SMILES string of the molecule is c1ccc(-c2ccccc2Nc2ccc3c4ccc(Nc5ccccc5-c5ccccc5)cc4c4ccccc4c3c2)cc1. The van der Waals surface area contributed by atoms with Gasteiger partial charge in [0.2, 0.25) is 0 Å². The Balaban J connectivity index is 1.21. The third kappa shape index (κ3) is 4.73. The average Bonchev–Trinajstić information content (AvgIpc) is 3.10. The van der Waals surface area contributed by atoms with Crippen molar-refractivity contribution in [3.63, 3.8) is 0 Å². The lowest BCUT2D eigenvalue weighted by Gasteiger charge is -2.16. The summed E-state index contributed by atoms with van der Waals surface area (Å²) >= 11 is 0. The molecule has 0 unspecified atom stereocenters. The largest absolute Gasteiger partial charge is 0.355 e. The number of nitrogens with one attached hydrogen (secondary N) is 2. The molecule has 0 amide bonds. The van der Waals surface area contributed by atoms with Crippen LogP contribution in [0.1, 0.15) is 0 Å². The molecule has 44 heavy (non-hydrogen) atoms. The van der Waals surface area contributed by atoms with Gasteiger partial charge < -0.3 is 10.6 Å². The summed E-state index contributed by atoms with van der Waals surface area (Å²) in [5.41, 5.74) is 9.09. The molecule has 0 aromatic heterocycles. The van der Waals surface area contributed by atoms with Gasteiger partial charge in [0.1, 0.15) is 0 Å².